The van der Waals surface area contributed by atoms with Crippen molar-refractivity contribution >= 4 is 6.09 Å². The fourth-order valence-corrected chi connectivity index (χ4v) is 3.72. The van der Waals surface area contributed by atoms with Crippen molar-refractivity contribution in [3.8, 4) is 0 Å². The monoisotopic (exact) mass is 366 g/mol. The van der Waals surface area contributed by atoms with Crippen LogP contribution in [0.25, 0.3) is 0 Å². The van der Waals surface area contributed by atoms with Crippen LogP contribution in [0.1, 0.15) is 50.8 Å². The van der Waals surface area contributed by atoms with Crippen LogP contribution in [0, 0.1) is 0 Å². The van der Waals surface area contributed by atoms with Crippen LogP contribution in [0.5, 0.6) is 0 Å². The van der Waals surface area contributed by atoms with Crippen molar-refractivity contribution in [2.45, 2.75) is 51.3 Å². The van der Waals surface area contributed by atoms with Crippen LogP contribution in [0.3, 0.4) is 0 Å². The van der Waals surface area contributed by atoms with Crippen LogP contribution in [0.15, 0.2) is 60.7 Å². The molecule has 0 aliphatic carbocycles. The minimum absolute atomic E-state index is 0.100. The Balaban J connectivity index is 1.76. The lowest BCUT2D eigenvalue weighted by atomic mass is 9.94. The summed E-state index contributed by atoms with van der Waals surface area (Å²) in [6.07, 6.45) is 1.70. The number of hydrogen-bond acceptors (Lipinski definition) is 3. The van der Waals surface area contributed by atoms with E-state index in [2.05, 4.69) is 70.9 Å². The van der Waals surface area contributed by atoms with E-state index < -0.39 is 5.60 Å². The van der Waals surface area contributed by atoms with Gasteiger partial charge < -0.3 is 10.1 Å². The van der Waals surface area contributed by atoms with Gasteiger partial charge in [0.2, 0.25) is 0 Å². The molecule has 0 spiro atoms. The van der Waals surface area contributed by atoms with Crippen LogP contribution in [-0.2, 0) is 4.74 Å². The number of rotatable bonds is 4. The third kappa shape index (κ3) is 5.57. The minimum atomic E-state index is -0.477. The molecule has 1 saturated heterocycles. The van der Waals surface area contributed by atoms with Crippen molar-refractivity contribution in [1.82, 2.24) is 10.2 Å². The Morgan fingerprint density at radius 3 is 2.11 bits per heavy atom. The van der Waals surface area contributed by atoms with E-state index in [1.807, 2.05) is 20.8 Å². The van der Waals surface area contributed by atoms with Crippen LogP contribution in [-0.4, -0.2) is 35.7 Å². The van der Waals surface area contributed by atoms with Gasteiger partial charge in [-0.1, -0.05) is 60.7 Å². The largest absolute Gasteiger partial charge is 0.444 e. The summed E-state index contributed by atoms with van der Waals surface area (Å²) in [5, 5.41) is 3.06. The Bertz CT molecular complexity index is 686. The highest BCUT2D eigenvalue weighted by atomic mass is 16.6. The van der Waals surface area contributed by atoms with Crippen molar-refractivity contribution < 1.29 is 9.53 Å². The van der Waals surface area contributed by atoms with Gasteiger partial charge in [0.25, 0.3) is 0 Å². The summed E-state index contributed by atoms with van der Waals surface area (Å²) in [6.45, 7) is 7.50. The van der Waals surface area contributed by atoms with Gasteiger partial charge in [-0.25, -0.2) is 4.79 Å². The van der Waals surface area contributed by atoms with E-state index in [1.54, 1.807) is 0 Å². The number of amides is 1. The highest BCUT2D eigenvalue weighted by Crippen LogP contribution is 2.31. The third-order valence-corrected chi connectivity index (χ3v) is 4.77. The van der Waals surface area contributed by atoms with Crippen LogP contribution in [0.4, 0.5) is 4.79 Å². The predicted molar refractivity (Wildman–Crippen MR) is 109 cm³/mol. The number of nitrogens with one attached hydrogen (secondary N) is 1. The second-order valence-electron chi connectivity index (χ2n) is 8.20. The van der Waals surface area contributed by atoms with Gasteiger partial charge in [0.05, 0.1) is 6.04 Å². The molecule has 1 amide bonds. The van der Waals surface area contributed by atoms with E-state index >= 15 is 0 Å². The molecule has 1 N–H and O–H groups in total. The van der Waals surface area contributed by atoms with E-state index in [-0.39, 0.29) is 18.2 Å². The topological polar surface area (TPSA) is 41.6 Å². The molecule has 1 atom stereocenters. The molecule has 3 rings (SSSR count). The van der Waals surface area contributed by atoms with E-state index in [4.69, 9.17) is 4.74 Å². The minimum Gasteiger partial charge on any atom is -0.444 e. The maximum absolute atomic E-state index is 12.2. The average molecular weight is 367 g/mol. The summed E-state index contributed by atoms with van der Waals surface area (Å²) >= 11 is 0. The summed E-state index contributed by atoms with van der Waals surface area (Å²) in [5.41, 5.74) is 2.08. The lowest BCUT2D eigenvalue weighted by Crippen LogP contribution is -2.49. The Kier molecular flexibility index (Phi) is 6.17. The number of carbonyl (C=O) groups excluding carboxylic acids is 1. The summed E-state index contributed by atoms with van der Waals surface area (Å²) in [4.78, 5) is 14.7. The average Bonchev–Trinajstić information content (AvgIpc) is 2.62. The molecule has 0 saturated carbocycles. The molecule has 4 heteroatoms. The molecule has 0 bridgehead atoms. The van der Waals surface area contributed by atoms with Gasteiger partial charge in [-0.15, -0.1) is 0 Å². The van der Waals surface area contributed by atoms with Crippen LogP contribution in [0.2, 0.25) is 0 Å². The first kappa shape index (κ1) is 19.4. The quantitative estimate of drug-likeness (QED) is 0.848. The lowest BCUT2D eigenvalue weighted by molar-refractivity contribution is 0.0462. The number of hydrogen-bond donors (Lipinski definition) is 1. The summed E-state index contributed by atoms with van der Waals surface area (Å²) < 4.78 is 5.44. The van der Waals surface area contributed by atoms with Crippen LogP contribution < -0.4 is 5.32 Å². The summed E-state index contributed by atoms with van der Waals surface area (Å²) in [5.74, 6) is 0. The number of likely N-dealkylation sites (tertiary alicyclic amines) is 1. The normalized spacial score (nSPS) is 18.3. The van der Waals surface area contributed by atoms with Crippen LogP contribution >= 0.6 is 0 Å². The molecular weight excluding hydrogens is 336 g/mol. The van der Waals surface area contributed by atoms with E-state index in [0.717, 1.165) is 25.9 Å². The zero-order valence-electron chi connectivity index (χ0n) is 16.5. The molecule has 1 fully saturated rings. The van der Waals surface area contributed by atoms with E-state index in [1.165, 1.54) is 11.1 Å². The Labute approximate surface area is 162 Å². The summed E-state index contributed by atoms with van der Waals surface area (Å²) in [6, 6.07) is 21.5. The number of nitrogens with zero attached hydrogens (tertiary/aromatic N) is 1. The fraction of sp³-hybridized carbons (Fsp3) is 0.435. The molecule has 1 aliphatic heterocycles. The molecule has 0 aromatic heterocycles. The summed E-state index contributed by atoms with van der Waals surface area (Å²) in [7, 11) is 0. The van der Waals surface area contributed by atoms with Gasteiger partial charge in [-0.3, -0.25) is 4.90 Å². The Morgan fingerprint density at radius 1 is 1.04 bits per heavy atom. The Hall–Kier alpha value is -2.33. The second kappa shape index (κ2) is 8.57. The first-order chi connectivity index (χ1) is 12.9. The highest BCUT2D eigenvalue weighted by Gasteiger charge is 2.29. The fourth-order valence-electron chi connectivity index (χ4n) is 3.72. The number of benzene rings is 2. The van der Waals surface area contributed by atoms with Crippen molar-refractivity contribution in [2.75, 3.05) is 13.1 Å². The maximum Gasteiger partial charge on any atom is 0.407 e. The van der Waals surface area contributed by atoms with E-state index in [0.29, 0.717) is 0 Å². The zero-order chi connectivity index (χ0) is 19.3. The number of piperidine rings is 1. The van der Waals surface area contributed by atoms with Crippen molar-refractivity contribution in [3.05, 3.63) is 71.8 Å². The highest BCUT2D eigenvalue weighted by molar-refractivity contribution is 5.68. The molecule has 2 aromatic rings. The SMILES string of the molecule is CC(C)(C)OC(=O)N[C@H]1CCCN(C(c2ccccc2)c2ccccc2)C1. The molecule has 144 valence electrons. The van der Waals surface area contributed by atoms with Gasteiger partial charge in [-0.05, 0) is 51.3 Å². The maximum atomic E-state index is 12.2. The molecule has 27 heavy (non-hydrogen) atoms. The van der Waals surface area contributed by atoms with Gasteiger partial charge >= 0.3 is 6.09 Å². The molecule has 4 nitrogen and oxygen atoms in total. The van der Waals surface area contributed by atoms with E-state index in [9.17, 15) is 4.79 Å². The first-order valence-corrected chi connectivity index (χ1v) is 9.76. The number of ether oxygens (including phenoxy) is 1. The number of alkyl carbamates (subject to hydrolysis) is 1. The molecule has 1 heterocycles. The molecular formula is C23H30N2O2. The molecule has 2 aromatic carbocycles. The molecule has 0 radical (unpaired) electrons. The smallest absolute Gasteiger partial charge is 0.407 e. The molecule has 1 aliphatic rings. The van der Waals surface area contributed by atoms with Crippen molar-refractivity contribution in [1.29, 1.82) is 0 Å². The zero-order valence-corrected chi connectivity index (χ0v) is 16.5. The third-order valence-electron chi connectivity index (χ3n) is 4.77. The lowest BCUT2D eigenvalue weighted by Gasteiger charge is -2.39. The second-order valence-corrected chi connectivity index (χ2v) is 8.20. The molecule has 0 unspecified atom stereocenters. The predicted octanol–water partition coefficient (Wildman–Crippen LogP) is 4.77. The standard InChI is InChI=1S/C23H30N2O2/c1-23(2,3)27-22(26)24-20-15-10-16-25(17-20)21(18-11-6-4-7-12-18)19-13-8-5-9-14-19/h4-9,11-14,20-21H,10,15-17H2,1-3H3,(H,24,26)/t20-/m0/s1. The Morgan fingerprint density at radius 2 is 1.59 bits per heavy atom. The van der Waals surface area contributed by atoms with Gasteiger partial charge in [0.1, 0.15) is 5.60 Å². The van der Waals surface area contributed by atoms with Gasteiger partial charge in [-0.2, -0.15) is 0 Å². The van der Waals surface area contributed by atoms with Gasteiger partial charge in [0, 0.05) is 12.6 Å². The number of carbonyl (C=O) groups is 1. The first-order valence-electron chi connectivity index (χ1n) is 9.76. The van der Waals surface area contributed by atoms with Crippen molar-refractivity contribution in [2.24, 2.45) is 0 Å². The van der Waals surface area contributed by atoms with Gasteiger partial charge in [0.15, 0.2) is 0 Å². The van der Waals surface area contributed by atoms with Crippen molar-refractivity contribution in [3.63, 3.8) is 0 Å².